The maximum Gasteiger partial charge on any atom is 0.335 e. The highest BCUT2D eigenvalue weighted by atomic mass is 16.4. The van der Waals surface area contributed by atoms with E-state index in [-0.39, 0.29) is 19.3 Å². The van der Waals surface area contributed by atoms with E-state index in [1.54, 1.807) is 0 Å². The van der Waals surface area contributed by atoms with Gasteiger partial charge in [0.15, 0.2) is 11.2 Å². The van der Waals surface area contributed by atoms with Crippen molar-refractivity contribution in [2.24, 2.45) is 0 Å². The molecule has 0 spiro atoms. The summed E-state index contributed by atoms with van der Waals surface area (Å²) in [4.78, 5) is 21.3. The Morgan fingerprint density at radius 2 is 1.29 bits per heavy atom. The van der Waals surface area contributed by atoms with Gasteiger partial charge in [-0.1, -0.05) is 0 Å². The van der Waals surface area contributed by atoms with Gasteiger partial charge in [-0.05, 0) is 19.3 Å². The fraction of sp³-hybridized carbons (Fsp3) is 0.750. The van der Waals surface area contributed by atoms with Gasteiger partial charge in [0, 0.05) is 6.42 Å². The molecule has 0 aliphatic heterocycles. The van der Waals surface area contributed by atoms with Gasteiger partial charge < -0.3 is 20.4 Å². The average Bonchev–Trinajstić information content (AvgIpc) is 2.03. The molecule has 0 heterocycles. The van der Waals surface area contributed by atoms with Crippen LogP contribution in [0.25, 0.3) is 0 Å². The Balaban J connectivity index is 2.89. The van der Waals surface area contributed by atoms with Crippen LogP contribution in [0.1, 0.15) is 25.7 Å². The summed E-state index contributed by atoms with van der Waals surface area (Å²) in [6, 6.07) is 0. The smallest absolute Gasteiger partial charge is 0.335 e. The van der Waals surface area contributed by atoms with Crippen molar-refractivity contribution < 1.29 is 30.0 Å². The monoisotopic (exact) mass is 204 g/mol. The van der Waals surface area contributed by atoms with Crippen molar-refractivity contribution in [1.82, 2.24) is 0 Å². The second-order valence-electron chi connectivity index (χ2n) is 3.70. The van der Waals surface area contributed by atoms with Gasteiger partial charge >= 0.3 is 11.9 Å². The summed E-state index contributed by atoms with van der Waals surface area (Å²) in [6.45, 7) is 0. The predicted octanol–water partition coefficient (Wildman–Crippen LogP) is -0.808. The number of carbonyl (C=O) groups is 2. The van der Waals surface area contributed by atoms with E-state index in [4.69, 9.17) is 10.2 Å². The predicted molar refractivity (Wildman–Crippen MR) is 43.6 cm³/mol. The molecule has 1 aliphatic rings. The third kappa shape index (κ3) is 1.71. The Bertz CT molecular complexity index is 249. The molecule has 6 heteroatoms. The van der Waals surface area contributed by atoms with E-state index in [2.05, 4.69) is 0 Å². The summed E-state index contributed by atoms with van der Waals surface area (Å²) in [5.74, 6) is -2.98. The standard InChI is InChI=1S/C8H12O6/c9-5(10)7(13)2-1-3-8(14,4-7)6(11)12/h13-14H,1-4H2,(H,9,10)(H,11,12). The van der Waals surface area contributed by atoms with E-state index >= 15 is 0 Å². The van der Waals surface area contributed by atoms with E-state index in [9.17, 15) is 19.8 Å². The lowest BCUT2D eigenvalue weighted by atomic mass is 9.75. The topological polar surface area (TPSA) is 115 Å². The van der Waals surface area contributed by atoms with Crippen LogP contribution in [0.2, 0.25) is 0 Å². The van der Waals surface area contributed by atoms with E-state index < -0.39 is 29.6 Å². The summed E-state index contributed by atoms with van der Waals surface area (Å²) >= 11 is 0. The first-order chi connectivity index (χ1) is 6.30. The summed E-state index contributed by atoms with van der Waals surface area (Å²) in [5.41, 5.74) is -4.24. The molecule has 0 radical (unpaired) electrons. The molecular formula is C8H12O6. The lowest BCUT2D eigenvalue weighted by molar-refractivity contribution is -0.184. The molecule has 1 fully saturated rings. The lowest BCUT2D eigenvalue weighted by Crippen LogP contribution is -2.54. The fourth-order valence-corrected chi connectivity index (χ4v) is 1.70. The Morgan fingerprint density at radius 3 is 1.57 bits per heavy atom. The summed E-state index contributed by atoms with van der Waals surface area (Å²) in [6.07, 6.45) is -0.549. The Hall–Kier alpha value is -1.14. The van der Waals surface area contributed by atoms with Gasteiger partial charge in [0.1, 0.15) is 0 Å². The fourth-order valence-electron chi connectivity index (χ4n) is 1.70. The molecule has 1 aliphatic carbocycles. The average molecular weight is 204 g/mol. The molecule has 6 nitrogen and oxygen atoms in total. The summed E-state index contributed by atoms with van der Waals surface area (Å²) in [5, 5.41) is 36.3. The van der Waals surface area contributed by atoms with Gasteiger partial charge in [0.2, 0.25) is 0 Å². The van der Waals surface area contributed by atoms with Crippen molar-refractivity contribution in [2.45, 2.75) is 36.9 Å². The van der Waals surface area contributed by atoms with Gasteiger partial charge in [-0.15, -0.1) is 0 Å². The minimum atomic E-state index is -2.12. The molecule has 0 saturated heterocycles. The third-order valence-corrected chi connectivity index (χ3v) is 2.56. The zero-order chi connectivity index (χ0) is 11.0. The number of hydrogen-bond acceptors (Lipinski definition) is 4. The van der Waals surface area contributed by atoms with Crippen LogP contribution < -0.4 is 0 Å². The van der Waals surface area contributed by atoms with Crippen LogP contribution in [0.3, 0.4) is 0 Å². The number of rotatable bonds is 2. The molecule has 80 valence electrons. The van der Waals surface area contributed by atoms with Crippen molar-refractivity contribution in [3.8, 4) is 0 Å². The maximum absolute atomic E-state index is 10.6. The first-order valence-electron chi connectivity index (χ1n) is 4.22. The summed E-state index contributed by atoms with van der Waals surface area (Å²) in [7, 11) is 0. The molecule has 0 aromatic carbocycles. The highest BCUT2D eigenvalue weighted by Gasteiger charge is 2.51. The second-order valence-corrected chi connectivity index (χ2v) is 3.70. The van der Waals surface area contributed by atoms with Crippen LogP contribution in [-0.4, -0.2) is 43.6 Å². The minimum absolute atomic E-state index is 0.0298. The third-order valence-electron chi connectivity index (χ3n) is 2.56. The van der Waals surface area contributed by atoms with Gasteiger partial charge in [-0.3, -0.25) is 0 Å². The molecule has 0 bridgehead atoms. The maximum atomic E-state index is 10.6. The number of carboxylic acid groups (broad SMARTS) is 2. The van der Waals surface area contributed by atoms with Crippen LogP contribution in [-0.2, 0) is 9.59 Å². The largest absolute Gasteiger partial charge is 0.479 e. The molecule has 0 aromatic rings. The Labute approximate surface area is 79.8 Å². The second kappa shape index (κ2) is 3.21. The normalized spacial score (nSPS) is 37.9. The van der Waals surface area contributed by atoms with Gasteiger partial charge in [0.25, 0.3) is 0 Å². The molecular weight excluding hydrogens is 192 g/mol. The van der Waals surface area contributed by atoms with Crippen LogP contribution in [0, 0.1) is 0 Å². The van der Waals surface area contributed by atoms with Gasteiger partial charge in [0.05, 0.1) is 0 Å². The Morgan fingerprint density at radius 1 is 0.929 bits per heavy atom. The van der Waals surface area contributed by atoms with Gasteiger partial charge in [-0.2, -0.15) is 0 Å². The number of aliphatic hydroxyl groups is 2. The molecule has 2 unspecified atom stereocenters. The molecule has 4 N–H and O–H groups in total. The van der Waals surface area contributed by atoms with E-state index in [1.807, 2.05) is 0 Å². The quantitative estimate of drug-likeness (QED) is 0.467. The zero-order valence-corrected chi connectivity index (χ0v) is 7.43. The van der Waals surface area contributed by atoms with Crippen LogP contribution in [0.5, 0.6) is 0 Å². The zero-order valence-electron chi connectivity index (χ0n) is 7.43. The van der Waals surface area contributed by atoms with Crippen LogP contribution in [0.4, 0.5) is 0 Å². The van der Waals surface area contributed by atoms with Crippen LogP contribution >= 0.6 is 0 Å². The molecule has 1 rings (SSSR count). The van der Waals surface area contributed by atoms with Crippen molar-refractivity contribution in [3.63, 3.8) is 0 Å². The highest BCUT2D eigenvalue weighted by Crippen LogP contribution is 2.35. The lowest BCUT2D eigenvalue weighted by Gasteiger charge is -2.36. The van der Waals surface area contributed by atoms with Crippen molar-refractivity contribution in [3.05, 3.63) is 0 Å². The SMILES string of the molecule is O=C(O)C1(O)CCCC(O)(C(=O)O)C1. The molecule has 2 atom stereocenters. The van der Waals surface area contributed by atoms with Crippen molar-refractivity contribution in [1.29, 1.82) is 0 Å². The molecule has 0 aromatic heterocycles. The highest BCUT2D eigenvalue weighted by molar-refractivity contribution is 5.82. The van der Waals surface area contributed by atoms with Gasteiger partial charge in [-0.25, -0.2) is 9.59 Å². The van der Waals surface area contributed by atoms with Crippen LogP contribution in [0.15, 0.2) is 0 Å². The van der Waals surface area contributed by atoms with E-state index in [0.717, 1.165) is 0 Å². The van der Waals surface area contributed by atoms with E-state index in [0.29, 0.717) is 0 Å². The van der Waals surface area contributed by atoms with Crippen molar-refractivity contribution in [2.75, 3.05) is 0 Å². The molecule has 0 amide bonds. The van der Waals surface area contributed by atoms with E-state index in [1.165, 1.54) is 0 Å². The van der Waals surface area contributed by atoms with Crippen molar-refractivity contribution >= 4 is 11.9 Å². The summed E-state index contributed by atoms with van der Waals surface area (Å²) < 4.78 is 0. The number of aliphatic carboxylic acids is 2. The Kier molecular flexibility index (Phi) is 2.51. The minimum Gasteiger partial charge on any atom is -0.479 e. The number of carboxylic acids is 2. The first-order valence-corrected chi connectivity index (χ1v) is 4.22. The number of hydrogen-bond donors (Lipinski definition) is 4. The first kappa shape index (κ1) is 10.9. The molecule has 14 heavy (non-hydrogen) atoms. The molecule has 1 saturated carbocycles.